The zero-order valence-electron chi connectivity index (χ0n) is 9.61. The third-order valence-electron chi connectivity index (χ3n) is 1.55. The number of rotatable bonds is 3. The number of thioether (sulfide) groups is 1. The molecule has 1 fully saturated rings. The van der Waals surface area contributed by atoms with Crippen molar-refractivity contribution in [1.82, 2.24) is 10.3 Å². The molecule has 88 valence electrons. The zero-order chi connectivity index (χ0) is 12.0. The second kappa shape index (κ2) is 6.81. The van der Waals surface area contributed by atoms with Gasteiger partial charge in [0.05, 0.1) is 0 Å². The first-order valence-corrected chi connectivity index (χ1v) is 5.91. The molecule has 0 spiro atoms. The van der Waals surface area contributed by atoms with Crippen molar-refractivity contribution in [2.45, 2.75) is 33.1 Å². The predicted octanol–water partition coefficient (Wildman–Crippen LogP) is 1.15. The van der Waals surface area contributed by atoms with E-state index in [0.717, 1.165) is 11.8 Å². The molecule has 1 rings (SSSR count). The molecule has 0 saturated carbocycles. The number of nitrogens with one attached hydrogen (secondary N) is 1. The number of carbonyl (C=O) groups excluding carboxylic acids is 2. The average Bonchev–Trinajstić information content (AvgIpc) is 2.47. The lowest BCUT2D eigenvalue weighted by molar-refractivity contribution is -0.121. The number of hydrogen-bond acceptors (Lipinski definition) is 5. The maximum absolute atomic E-state index is 11.1. The highest BCUT2D eigenvalue weighted by atomic mass is 32.2. The van der Waals surface area contributed by atoms with E-state index in [1.807, 2.05) is 27.7 Å². The van der Waals surface area contributed by atoms with Gasteiger partial charge in [-0.2, -0.15) is 0 Å². The lowest BCUT2D eigenvalue weighted by Gasteiger charge is -2.21. The largest absolute Gasteiger partial charge is 0.287 e. The Bertz CT molecular complexity index is 233. The van der Waals surface area contributed by atoms with Gasteiger partial charge in [0.1, 0.15) is 0 Å². The van der Waals surface area contributed by atoms with Gasteiger partial charge in [-0.25, -0.2) is 5.01 Å². The summed E-state index contributed by atoms with van der Waals surface area (Å²) in [7, 11) is 0. The summed E-state index contributed by atoms with van der Waals surface area (Å²) in [4.78, 5) is 21.9. The summed E-state index contributed by atoms with van der Waals surface area (Å²) in [5.74, 6) is 5.68. The molecule has 2 amide bonds. The Morgan fingerprint density at radius 3 is 2.33 bits per heavy atom. The van der Waals surface area contributed by atoms with E-state index in [2.05, 4.69) is 5.32 Å². The first-order chi connectivity index (χ1) is 7.00. The van der Waals surface area contributed by atoms with Crippen molar-refractivity contribution in [1.29, 1.82) is 0 Å². The van der Waals surface area contributed by atoms with E-state index in [4.69, 9.17) is 5.84 Å². The van der Waals surface area contributed by atoms with Gasteiger partial charge >= 0.3 is 0 Å². The van der Waals surface area contributed by atoms with Crippen molar-refractivity contribution in [3.63, 3.8) is 0 Å². The quantitative estimate of drug-likeness (QED) is 0.565. The second-order valence-electron chi connectivity index (χ2n) is 3.34. The van der Waals surface area contributed by atoms with Crippen LogP contribution in [0.2, 0.25) is 0 Å². The fourth-order valence-electron chi connectivity index (χ4n) is 1.08. The number of carbonyl (C=O) groups is 2. The standard InChI is InChI=1S/C7H13N3O2S.C2H6/c1-4(2)3-10(8)6-5(11)9-7(12)13-6;1-2/h4,6H,3,8H2,1-2H3,(H,9,11,12);1-2H3. The zero-order valence-corrected chi connectivity index (χ0v) is 10.4. The molecular weight excluding hydrogens is 214 g/mol. The van der Waals surface area contributed by atoms with E-state index < -0.39 is 5.37 Å². The molecule has 0 radical (unpaired) electrons. The Hall–Kier alpha value is -0.590. The van der Waals surface area contributed by atoms with Gasteiger partial charge in [-0.15, -0.1) is 0 Å². The van der Waals surface area contributed by atoms with E-state index in [1.54, 1.807) is 0 Å². The molecule has 0 bridgehead atoms. The van der Waals surface area contributed by atoms with Crippen LogP contribution in [0.25, 0.3) is 0 Å². The van der Waals surface area contributed by atoms with Crippen molar-refractivity contribution < 1.29 is 9.59 Å². The fraction of sp³-hybridized carbons (Fsp3) is 0.778. The van der Waals surface area contributed by atoms with Gasteiger partial charge < -0.3 is 0 Å². The lowest BCUT2D eigenvalue weighted by Crippen LogP contribution is -2.45. The van der Waals surface area contributed by atoms with Gasteiger partial charge in [-0.1, -0.05) is 27.7 Å². The molecule has 1 saturated heterocycles. The van der Waals surface area contributed by atoms with E-state index in [9.17, 15) is 9.59 Å². The summed E-state index contributed by atoms with van der Waals surface area (Å²) >= 11 is 0.925. The first-order valence-electron chi connectivity index (χ1n) is 5.03. The molecule has 1 aliphatic rings. The highest BCUT2D eigenvalue weighted by Crippen LogP contribution is 2.20. The van der Waals surface area contributed by atoms with Crippen LogP contribution >= 0.6 is 11.8 Å². The average molecular weight is 233 g/mol. The lowest BCUT2D eigenvalue weighted by atomic mass is 10.2. The van der Waals surface area contributed by atoms with Crippen LogP contribution in [0.5, 0.6) is 0 Å². The minimum atomic E-state index is -0.560. The summed E-state index contributed by atoms with van der Waals surface area (Å²) in [5, 5.41) is 2.70. The highest BCUT2D eigenvalue weighted by molar-refractivity contribution is 8.15. The SMILES string of the molecule is CC.CC(C)CN(N)C1SC(=O)NC1=O. The van der Waals surface area contributed by atoms with Crippen LogP contribution in [0.3, 0.4) is 0 Å². The van der Waals surface area contributed by atoms with E-state index in [-0.39, 0.29) is 11.1 Å². The Morgan fingerprint density at radius 1 is 1.47 bits per heavy atom. The molecule has 0 aromatic heterocycles. The smallest absolute Gasteiger partial charge is 0.285 e. The predicted molar refractivity (Wildman–Crippen MR) is 62.0 cm³/mol. The molecule has 15 heavy (non-hydrogen) atoms. The molecule has 6 heteroatoms. The van der Waals surface area contributed by atoms with Crippen molar-refractivity contribution in [2.75, 3.05) is 6.54 Å². The van der Waals surface area contributed by atoms with Gasteiger partial charge in [0.15, 0.2) is 5.37 Å². The Balaban J connectivity index is 0.000000921. The summed E-state index contributed by atoms with van der Waals surface area (Å²) in [6.07, 6.45) is 0. The number of amides is 2. The van der Waals surface area contributed by atoms with Crippen LogP contribution in [0.1, 0.15) is 27.7 Å². The first kappa shape index (κ1) is 14.4. The van der Waals surface area contributed by atoms with E-state index >= 15 is 0 Å². The number of imide groups is 1. The van der Waals surface area contributed by atoms with Crippen molar-refractivity contribution in [3.8, 4) is 0 Å². The number of nitrogens with two attached hydrogens (primary N) is 1. The minimum absolute atomic E-state index is 0.321. The van der Waals surface area contributed by atoms with Crippen molar-refractivity contribution in [3.05, 3.63) is 0 Å². The fourth-order valence-corrected chi connectivity index (χ4v) is 1.83. The molecule has 0 aliphatic carbocycles. The molecule has 1 unspecified atom stereocenters. The molecule has 3 N–H and O–H groups in total. The van der Waals surface area contributed by atoms with Crippen molar-refractivity contribution >= 4 is 22.9 Å². The Morgan fingerprint density at radius 2 is 2.00 bits per heavy atom. The monoisotopic (exact) mass is 233 g/mol. The molecule has 1 heterocycles. The van der Waals surface area contributed by atoms with Crippen LogP contribution in [0, 0.1) is 5.92 Å². The summed E-state index contributed by atoms with van der Waals surface area (Å²) < 4.78 is 0. The third kappa shape index (κ3) is 4.63. The Labute approximate surface area is 94.7 Å². The highest BCUT2D eigenvalue weighted by Gasteiger charge is 2.35. The molecular formula is C9H19N3O2S. The van der Waals surface area contributed by atoms with Gasteiger partial charge in [0, 0.05) is 6.54 Å². The third-order valence-corrected chi connectivity index (χ3v) is 2.57. The van der Waals surface area contributed by atoms with Gasteiger partial charge in [0.25, 0.3) is 11.1 Å². The molecule has 1 aliphatic heterocycles. The number of hydrogen-bond donors (Lipinski definition) is 2. The van der Waals surface area contributed by atoms with Crippen LogP contribution in [0.4, 0.5) is 4.79 Å². The van der Waals surface area contributed by atoms with Crippen LogP contribution < -0.4 is 11.2 Å². The van der Waals surface area contributed by atoms with Crippen molar-refractivity contribution in [2.24, 2.45) is 11.8 Å². The summed E-state index contributed by atoms with van der Waals surface area (Å²) in [6, 6.07) is 0. The number of nitrogens with zero attached hydrogens (tertiary/aromatic N) is 1. The number of hydrazine groups is 1. The minimum Gasteiger partial charge on any atom is -0.285 e. The molecule has 5 nitrogen and oxygen atoms in total. The van der Waals surface area contributed by atoms with Gasteiger partial charge in [0.2, 0.25) is 0 Å². The summed E-state index contributed by atoms with van der Waals surface area (Å²) in [6.45, 7) is 8.59. The van der Waals surface area contributed by atoms with Crippen LogP contribution in [0.15, 0.2) is 0 Å². The van der Waals surface area contributed by atoms with Gasteiger partial charge in [-0.3, -0.25) is 20.7 Å². The Kier molecular flexibility index (Phi) is 6.55. The topological polar surface area (TPSA) is 75.4 Å². The van der Waals surface area contributed by atoms with Crippen LogP contribution in [-0.4, -0.2) is 28.1 Å². The normalized spacial score (nSPS) is 20.3. The molecule has 1 atom stereocenters. The van der Waals surface area contributed by atoms with Crippen LogP contribution in [-0.2, 0) is 4.79 Å². The van der Waals surface area contributed by atoms with E-state index in [1.165, 1.54) is 5.01 Å². The van der Waals surface area contributed by atoms with Gasteiger partial charge in [-0.05, 0) is 17.7 Å². The second-order valence-corrected chi connectivity index (χ2v) is 4.39. The maximum Gasteiger partial charge on any atom is 0.287 e. The summed E-state index contributed by atoms with van der Waals surface area (Å²) in [5.41, 5.74) is 0. The van der Waals surface area contributed by atoms with E-state index in [0.29, 0.717) is 12.5 Å². The molecule has 0 aromatic carbocycles. The maximum atomic E-state index is 11.1. The molecule has 0 aromatic rings.